The zero-order chi connectivity index (χ0) is 19.7. The van der Waals surface area contributed by atoms with Gasteiger partial charge < -0.3 is 16.0 Å². The summed E-state index contributed by atoms with van der Waals surface area (Å²) in [4.78, 5) is 24.2. The molecule has 1 saturated heterocycles. The maximum Gasteiger partial charge on any atom is 0.416 e. The highest BCUT2D eigenvalue weighted by atomic mass is 35.5. The number of nitrogens with two attached hydrogens (primary N) is 1. The van der Waals surface area contributed by atoms with Crippen LogP contribution in [-0.4, -0.2) is 36.0 Å². The summed E-state index contributed by atoms with van der Waals surface area (Å²) >= 11 is 0. The lowest BCUT2D eigenvalue weighted by Crippen LogP contribution is -2.36. The first-order valence-electron chi connectivity index (χ1n) is 7.45. The quantitative estimate of drug-likeness (QED) is 0.737. The molecule has 3 N–H and O–H groups in total. The fourth-order valence-electron chi connectivity index (χ4n) is 2.61. The predicted molar refractivity (Wildman–Crippen MR) is 86.0 cm³/mol. The van der Waals surface area contributed by atoms with Crippen molar-refractivity contribution < 1.29 is 35.9 Å². The van der Waals surface area contributed by atoms with Crippen LogP contribution in [0.15, 0.2) is 18.2 Å². The van der Waals surface area contributed by atoms with E-state index in [1.54, 1.807) is 0 Å². The first-order chi connectivity index (χ1) is 11.9. The van der Waals surface area contributed by atoms with E-state index in [4.69, 9.17) is 5.73 Å². The van der Waals surface area contributed by atoms with Crippen LogP contribution in [0.3, 0.4) is 0 Å². The number of nitrogens with zero attached hydrogens (tertiary/aromatic N) is 1. The Labute approximate surface area is 156 Å². The Morgan fingerprint density at radius 3 is 2.33 bits per heavy atom. The summed E-state index contributed by atoms with van der Waals surface area (Å²) in [5, 5.41) is 2.22. The number of carbonyl (C=O) groups excluding carboxylic acids is 2. The van der Waals surface area contributed by atoms with Crippen LogP contribution in [0.4, 0.5) is 32.0 Å². The Morgan fingerprint density at radius 1 is 1.19 bits per heavy atom. The Balaban J connectivity index is 0.00000364. The van der Waals surface area contributed by atoms with Crippen LogP contribution in [0.2, 0.25) is 0 Å². The van der Waals surface area contributed by atoms with Gasteiger partial charge in [-0.2, -0.15) is 26.3 Å². The predicted octanol–water partition coefficient (Wildman–Crippen LogP) is 2.94. The van der Waals surface area contributed by atoms with E-state index >= 15 is 0 Å². The number of benzene rings is 1. The lowest BCUT2D eigenvalue weighted by molar-refractivity contribution is -0.157. The summed E-state index contributed by atoms with van der Waals surface area (Å²) in [6, 6.07) is 2.76. The zero-order valence-electron chi connectivity index (χ0n) is 13.7. The number of anilines is 1. The topological polar surface area (TPSA) is 75.4 Å². The second-order valence-electron chi connectivity index (χ2n) is 5.90. The van der Waals surface area contributed by atoms with Crippen molar-refractivity contribution in [2.24, 2.45) is 11.7 Å². The summed E-state index contributed by atoms with van der Waals surface area (Å²) in [5.74, 6) is -2.75. The van der Waals surface area contributed by atoms with Crippen molar-refractivity contribution >= 4 is 29.9 Å². The fraction of sp³-hybridized carbons (Fsp3) is 0.467. The molecule has 1 aromatic carbocycles. The number of rotatable bonds is 4. The summed E-state index contributed by atoms with van der Waals surface area (Å²) in [6.07, 6.45) is -9.69. The number of likely N-dealkylation sites (tertiary alicyclic amines) is 1. The lowest BCUT2D eigenvalue weighted by atomic mass is 10.1. The third-order valence-corrected chi connectivity index (χ3v) is 3.78. The molecule has 5 nitrogen and oxygen atoms in total. The van der Waals surface area contributed by atoms with Gasteiger partial charge >= 0.3 is 12.4 Å². The Kier molecular flexibility index (Phi) is 7.11. The number of nitrogens with one attached hydrogen (secondary N) is 1. The number of carbonyl (C=O) groups is 2. The molecule has 1 aromatic rings. The van der Waals surface area contributed by atoms with Crippen molar-refractivity contribution in [1.82, 2.24) is 4.90 Å². The van der Waals surface area contributed by atoms with E-state index in [1.165, 1.54) is 6.07 Å². The van der Waals surface area contributed by atoms with E-state index in [0.29, 0.717) is 11.0 Å². The van der Waals surface area contributed by atoms with Crippen LogP contribution in [-0.2, 0) is 22.3 Å². The fourth-order valence-corrected chi connectivity index (χ4v) is 2.61. The third kappa shape index (κ3) is 6.28. The van der Waals surface area contributed by atoms with E-state index < -0.39 is 55.2 Å². The molecule has 1 heterocycles. The van der Waals surface area contributed by atoms with Crippen LogP contribution in [0.25, 0.3) is 0 Å². The Morgan fingerprint density at radius 2 is 1.81 bits per heavy atom. The minimum absolute atomic E-state index is 0. The SMILES string of the molecule is Cl.NCc1cc(NC(=O)C2CC(=O)N(CC(F)(F)F)C2)cc(C(F)(F)F)c1. The van der Waals surface area contributed by atoms with Crippen molar-refractivity contribution in [2.45, 2.75) is 25.3 Å². The highest BCUT2D eigenvalue weighted by molar-refractivity contribution is 5.97. The van der Waals surface area contributed by atoms with Crippen molar-refractivity contribution in [3.05, 3.63) is 29.3 Å². The van der Waals surface area contributed by atoms with Crippen molar-refractivity contribution in [3.63, 3.8) is 0 Å². The highest BCUT2D eigenvalue weighted by Gasteiger charge is 2.40. The monoisotopic (exact) mass is 419 g/mol. The highest BCUT2D eigenvalue weighted by Crippen LogP contribution is 2.32. The van der Waals surface area contributed by atoms with Crippen LogP contribution in [0.1, 0.15) is 17.5 Å². The van der Waals surface area contributed by atoms with E-state index in [1.807, 2.05) is 0 Å². The van der Waals surface area contributed by atoms with Crippen molar-refractivity contribution in [2.75, 3.05) is 18.4 Å². The second kappa shape index (κ2) is 8.34. The molecule has 2 amide bonds. The molecule has 0 aliphatic carbocycles. The molecule has 1 fully saturated rings. The second-order valence-corrected chi connectivity index (χ2v) is 5.90. The van der Waals surface area contributed by atoms with Gasteiger partial charge in [0.1, 0.15) is 6.54 Å². The Bertz CT molecular complexity index is 708. The summed E-state index contributed by atoms with van der Waals surface area (Å²) in [5.41, 5.74) is 4.26. The van der Waals surface area contributed by atoms with Gasteiger partial charge in [-0.3, -0.25) is 9.59 Å². The van der Waals surface area contributed by atoms with Gasteiger partial charge in [-0.05, 0) is 23.8 Å². The van der Waals surface area contributed by atoms with Gasteiger partial charge in [-0.1, -0.05) is 0 Å². The van der Waals surface area contributed by atoms with E-state index in [-0.39, 0.29) is 30.2 Å². The number of amides is 2. The molecule has 0 bridgehead atoms. The molecular weight excluding hydrogens is 404 g/mol. The van der Waals surface area contributed by atoms with E-state index in [0.717, 1.165) is 6.07 Å². The summed E-state index contributed by atoms with van der Waals surface area (Å²) in [7, 11) is 0. The zero-order valence-corrected chi connectivity index (χ0v) is 14.5. The van der Waals surface area contributed by atoms with Gasteiger partial charge in [0.05, 0.1) is 11.5 Å². The molecule has 2 rings (SSSR count). The molecule has 1 aliphatic rings. The standard InChI is InChI=1S/C15H15F6N3O2.ClH/c16-14(17,18)7-24-6-9(3-12(24)25)13(26)23-11-2-8(5-22)1-10(4-11)15(19,20)21;/h1-2,4,9H,3,5-7,22H2,(H,23,26);1H. The minimum atomic E-state index is -4.66. The molecule has 1 aliphatic heterocycles. The normalized spacial score (nSPS) is 17.7. The average Bonchev–Trinajstić information content (AvgIpc) is 2.85. The van der Waals surface area contributed by atoms with Crippen molar-refractivity contribution in [1.29, 1.82) is 0 Å². The van der Waals surface area contributed by atoms with Gasteiger partial charge in [-0.15, -0.1) is 12.4 Å². The first-order valence-corrected chi connectivity index (χ1v) is 7.45. The molecule has 0 aromatic heterocycles. The molecule has 1 atom stereocenters. The van der Waals surface area contributed by atoms with Crippen LogP contribution < -0.4 is 11.1 Å². The van der Waals surface area contributed by atoms with Gasteiger partial charge in [0.25, 0.3) is 0 Å². The number of alkyl halides is 6. The third-order valence-electron chi connectivity index (χ3n) is 3.78. The molecule has 12 heteroatoms. The summed E-state index contributed by atoms with van der Waals surface area (Å²) in [6.45, 7) is -2.13. The van der Waals surface area contributed by atoms with Gasteiger partial charge in [0.2, 0.25) is 11.8 Å². The lowest BCUT2D eigenvalue weighted by Gasteiger charge is -2.18. The van der Waals surface area contributed by atoms with E-state index in [2.05, 4.69) is 5.32 Å². The smallest absolute Gasteiger partial charge is 0.333 e. The molecule has 1 unspecified atom stereocenters. The molecule has 0 saturated carbocycles. The maximum atomic E-state index is 12.9. The number of hydrogen-bond acceptors (Lipinski definition) is 3. The number of halogens is 7. The Hall–Kier alpha value is -2.01. The van der Waals surface area contributed by atoms with Gasteiger partial charge in [0, 0.05) is 25.2 Å². The molecule has 152 valence electrons. The van der Waals surface area contributed by atoms with Crippen LogP contribution >= 0.6 is 12.4 Å². The molecule has 0 radical (unpaired) electrons. The average molecular weight is 420 g/mol. The molecule has 0 spiro atoms. The first kappa shape index (κ1) is 23.0. The van der Waals surface area contributed by atoms with E-state index in [9.17, 15) is 35.9 Å². The molecule has 27 heavy (non-hydrogen) atoms. The van der Waals surface area contributed by atoms with Crippen LogP contribution in [0, 0.1) is 5.92 Å². The molecular formula is C15H16ClF6N3O2. The van der Waals surface area contributed by atoms with Gasteiger partial charge in [0.15, 0.2) is 0 Å². The maximum absolute atomic E-state index is 12.9. The van der Waals surface area contributed by atoms with Crippen LogP contribution in [0.5, 0.6) is 0 Å². The number of hydrogen-bond donors (Lipinski definition) is 2. The largest absolute Gasteiger partial charge is 0.416 e. The van der Waals surface area contributed by atoms with Crippen molar-refractivity contribution in [3.8, 4) is 0 Å². The minimum Gasteiger partial charge on any atom is -0.333 e. The van der Waals surface area contributed by atoms with Gasteiger partial charge in [-0.25, -0.2) is 0 Å². The summed E-state index contributed by atoms with van der Waals surface area (Å²) < 4.78 is 75.8.